The van der Waals surface area contributed by atoms with E-state index < -0.39 is 27.4 Å². The summed E-state index contributed by atoms with van der Waals surface area (Å²) in [6.07, 6.45) is 0.775. The number of hydrogen-bond donors (Lipinski definition) is 3. The smallest absolute Gasteiger partial charge is 0.250 e. The van der Waals surface area contributed by atoms with Gasteiger partial charge in [-0.05, 0) is 30.7 Å². The van der Waals surface area contributed by atoms with Crippen LogP contribution in [0.3, 0.4) is 0 Å². The van der Waals surface area contributed by atoms with E-state index in [0.29, 0.717) is 25.9 Å². The number of sulfonamides is 1. The molecule has 1 aromatic heterocycles. The van der Waals surface area contributed by atoms with Crippen LogP contribution in [0.1, 0.15) is 19.3 Å². The molecule has 10 heteroatoms. The van der Waals surface area contributed by atoms with Crippen LogP contribution in [0.15, 0.2) is 21.7 Å². The summed E-state index contributed by atoms with van der Waals surface area (Å²) in [7, 11) is -3.71. The van der Waals surface area contributed by atoms with E-state index in [4.69, 9.17) is 0 Å². The highest BCUT2D eigenvalue weighted by atomic mass is 32.2. The lowest BCUT2D eigenvalue weighted by Gasteiger charge is -2.46. The molecule has 3 rings (SSSR count). The Balaban J connectivity index is 1.65. The molecule has 0 aliphatic carbocycles. The van der Waals surface area contributed by atoms with Crippen LogP contribution in [0, 0.1) is 5.41 Å². The van der Waals surface area contributed by atoms with Crippen molar-refractivity contribution < 1.29 is 23.1 Å². The second-order valence-electron chi connectivity index (χ2n) is 6.39. The highest BCUT2D eigenvalue weighted by Crippen LogP contribution is 2.37. The van der Waals surface area contributed by atoms with Gasteiger partial charge in [-0.2, -0.15) is 0 Å². The number of carbonyl (C=O) groups excluding carboxylic acids is 2. The molecule has 3 N–H and O–H groups in total. The average molecular weight is 387 g/mol. The van der Waals surface area contributed by atoms with Crippen LogP contribution >= 0.6 is 11.3 Å². The van der Waals surface area contributed by atoms with Gasteiger partial charge < -0.3 is 15.3 Å². The number of piperidine rings is 2. The third-order valence-electron chi connectivity index (χ3n) is 4.85. The van der Waals surface area contributed by atoms with Crippen molar-refractivity contribution in [2.75, 3.05) is 26.2 Å². The molecule has 2 aliphatic heterocycles. The first-order valence-electron chi connectivity index (χ1n) is 8.12. The molecule has 0 bridgehead atoms. The Morgan fingerprint density at radius 2 is 2.32 bits per heavy atom. The first-order chi connectivity index (χ1) is 11.8. The normalized spacial score (nSPS) is 27.3. The first kappa shape index (κ1) is 18.3. The molecular formula is C15H21N3O5S2. The van der Waals surface area contributed by atoms with Crippen molar-refractivity contribution >= 4 is 33.2 Å². The van der Waals surface area contributed by atoms with Crippen LogP contribution in [0.5, 0.6) is 0 Å². The van der Waals surface area contributed by atoms with E-state index in [-0.39, 0.29) is 23.2 Å². The van der Waals surface area contributed by atoms with Crippen LogP contribution in [-0.2, 0) is 19.6 Å². The number of hydrogen-bond acceptors (Lipinski definition) is 6. The van der Waals surface area contributed by atoms with Gasteiger partial charge in [-0.3, -0.25) is 9.59 Å². The molecule has 138 valence electrons. The fourth-order valence-electron chi connectivity index (χ4n) is 3.41. The molecule has 0 unspecified atom stereocenters. The van der Waals surface area contributed by atoms with Crippen molar-refractivity contribution in [1.82, 2.24) is 14.9 Å². The summed E-state index contributed by atoms with van der Waals surface area (Å²) in [4.78, 5) is 26.2. The number of thiophene rings is 1. The minimum Gasteiger partial charge on any atom is -0.392 e. The van der Waals surface area contributed by atoms with E-state index in [1.165, 1.54) is 11.0 Å². The van der Waals surface area contributed by atoms with Crippen LogP contribution in [0.25, 0.3) is 0 Å². The van der Waals surface area contributed by atoms with E-state index in [9.17, 15) is 23.1 Å². The van der Waals surface area contributed by atoms with Gasteiger partial charge in [0.25, 0.3) is 10.0 Å². The lowest BCUT2D eigenvalue weighted by atomic mass is 9.71. The van der Waals surface area contributed by atoms with Crippen molar-refractivity contribution in [3.05, 3.63) is 17.5 Å². The molecule has 2 fully saturated rings. The molecule has 25 heavy (non-hydrogen) atoms. The van der Waals surface area contributed by atoms with Gasteiger partial charge in [0.05, 0.1) is 18.1 Å². The highest BCUT2D eigenvalue weighted by Gasteiger charge is 2.50. The van der Waals surface area contributed by atoms with Gasteiger partial charge in [-0.25, -0.2) is 13.1 Å². The number of rotatable bonds is 4. The number of nitrogens with zero attached hydrogens (tertiary/aromatic N) is 1. The average Bonchev–Trinajstić information content (AvgIpc) is 3.13. The second kappa shape index (κ2) is 7.02. The molecule has 0 aromatic carbocycles. The topological polar surface area (TPSA) is 116 Å². The minimum atomic E-state index is -3.71. The van der Waals surface area contributed by atoms with Crippen LogP contribution in [-0.4, -0.2) is 62.5 Å². The predicted molar refractivity (Wildman–Crippen MR) is 91.4 cm³/mol. The van der Waals surface area contributed by atoms with Crippen molar-refractivity contribution in [2.45, 2.75) is 29.6 Å². The van der Waals surface area contributed by atoms with Gasteiger partial charge in [-0.15, -0.1) is 11.3 Å². The number of carbonyl (C=O) groups is 2. The SMILES string of the molecule is O=C(CNS(=O)(=O)c1cccs1)N1CC[C@@H](O)[C@@]2(CCCNC2=O)C1. The summed E-state index contributed by atoms with van der Waals surface area (Å²) in [5.74, 6) is -0.632. The first-order valence-corrected chi connectivity index (χ1v) is 10.5. The lowest BCUT2D eigenvalue weighted by molar-refractivity contribution is -0.154. The zero-order chi connectivity index (χ0) is 18.1. The third-order valence-corrected chi connectivity index (χ3v) is 7.65. The Morgan fingerprint density at radius 3 is 3.00 bits per heavy atom. The van der Waals surface area contributed by atoms with Crippen molar-refractivity contribution in [1.29, 1.82) is 0 Å². The number of amides is 2. The zero-order valence-corrected chi connectivity index (χ0v) is 15.2. The second-order valence-corrected chi connectivity index (χ2v) is 9.33. The highest BCUT2D eigenvalue weighted by molar-refractivity contribution is 7.91. The Kier molecular flexibility index (Phi) is 5.14. The molecule has 1 spiro atoms. The summed E-state index contributed by atoms with van der Waals surface area (Å²) >= 11 is 1.07. The van der Waals surface area contributed by atoms with Crippen LogP contribution in [0.4, 0.5) is 0 Å². The van der Waals surface area contributed by atoms with Gasteiger partial charge in [0.2, 0.25) is 11.8 Å². The van der Waals surface area contributed by atoms with E-state index in [0.717, 1.165) is 17.8 Å². The number of nitrogens with one attached hydrogen (secondary N) is 2. The number of aliphatic hydroxyl groups excluding tert-OH is 1. The molecule has 1 aromatic rings. The Morgan fingerprint density at radius 1 is 1.52 bits per heavy atom. The van der Waals surface area contributed by atoms with Crippen LogP contribution < -0.4 is 10.0 Å². The van der Waals surface area contributed by atoms with E-state index in [2.05, 4.69) is 10.0 Å². The maximum absolute atomic E-state index is 12.4. The third kappa shape index (κ3) is 3.57. The fraction of sp³-hybridized carbons (Fsp3) is 0.600. The molecule has 2 atom stereocenters. The van der Waals surface area contributed by atoms with Gasteiger partial charge in [0.1, 0.15) is 4.21 Å². The van der Waals surface area contributed by atoms with Gasteiger partial charge in [-0.1, -0.05) is 6.07 Å². The molecule has 8 nitrogen and oxygen atoms in total. The Bertz CT molecular complexity index is 749. The lowest BCUT2D eigenvalue weighted by Crippen LogP contribution is -2.62. The molecular weight excluding hydrogens is 366 g/mol. The van der Waals surface area contributed by atoms with Crippen molar-refractivity contribution in [2.24, 2.45) is 5.41 Å². The van der Waals surface area contributed by atoms with Crippen molar-refractivity contribution in [3.8, 4) is 0 Å². The Labute approximate surface area is 150 Å². The van der Waals surface area contributed by atoms with E-state index in [1.807, 2.05) is 0 Å². The maximum Gasteiger partial charge on any atom is 0.250 e. The van der Waals surface area contributed by atoms with Crippen molar-refractivity contribution in [3.63, 3.8) is 0 Å². The predicted octanol–water partition coefficient (Wildman–Crippen LogP) is -0.484. The van der Waals surface area contributed by atoms with E-state index in [1.54, 1.807) is 11.4 Å². The quantitative estimate of drug-likeness (QED) is 0.645. The van der Waals surface area contributed by atoms with E-state index >= 15 is 0 Å². The van der Waals surface area contributed by atoms with Gasteiger partial charge in [0.15, 0.2) is 0 Å². The molecule has 0 saturated carbocycles. The van der Waals surface area contributed by atoms with Gasteiger partial charge in [0, 0.05) is 19.6 Å². The monoisotopic (exact) mass is 387 g/mol. The summed E-state index contributed by atoms with van der Waals surface area (Å²) in [5, 5.41) is 14.7. The zero-order valence-electron chi connectivity index (χ0n) is 13.6. The largest absolute Gasteiger partial charge is 0.392 e. The molecule has 0 radical (unpaired) electrons. The molecule has 2 aliphatic rings. The fourth-order valence-corrected chi connectivity index (χ4v) is 5.42. The summed E-state index contributed by atoms with van der Waals surface area (Å²) in [6, 6.07) is 3.09. The summed E-state index contributed by atoms with van der Waals surface area (Å²) < 4.78 is 26.7. The molecule has 2 saturated heterocycles. The number of aliphatic hydroxyl groups is 1. The standard InChI is InChI=1S/C15H21N3O5S2/c19-11-4-7-18(10-15(11)5-2-6-16-14(15)21)12(20)9-17-25(22,23)13-3-1-8-24-13/h1,3,8,11,17,19H,2,4-7,9-10H2,(H,16,21)/t11-,15-/m1/s1. The maximum atomic E-state index is 12.4. The number of likely N-dealkylation sites (tertiary alicyclic amines) is 1. The molecule has 3 heterocycles. The minimum absolute atomic E-state index is 0.111. The summed E-state index contributed by atoms with van der Waals surface area (Å²) in [6.45, 7) is 0.616. The summed E-state index contributed by atoms with van der Waals surface area (Å²) in [5.41, 5.74) is -0.987. The van der Waals surface area contributed by atoms with Gasteiger partial charge >= 0.3 is 0 Å². The Hall–Kier alpha value is -1.49. The van der Waals surface area contributed by atoms with Crippen LogP contribution in [0.2, 0.25) is 0 Å². The molecule has 2 amide bonds.